The molecule has 1 heterocycles. The highest BCUT2D eigenvalue weighted by atomic mass is 32.2. The number of aliphatic hydroxyl groups excluding tert-OH is 2. The number of nitrogens with zero attached hydrogens (tertiary/aromatic N) is 2. The van der Waals surface area contributed by atoms with Gasteiger partial charge < -0.3 is 38.7 Å². The normalized spacial score (nSPS) is 22.2. The fraction of sp³-hybridized carbons (Fsp3) is 0.455. The lowest BCUT2D eigenvalue weighted by Crippen LogP contribution is -2.70. The fourth-order valence-corrected chi connectivity index (χ4v) is 10.7. The van der Waals surface area contributed by atoms with Crippen molar-refractivity contribution in [2.24, 2.45) is 22.9 Å². The summed E-state index contributed by atoms with van der Waals surface area (Å²) in [6, 6.07) is 35.6. The van der Waals surface area contributed by atoms with Crippen molar-refractivity contribution in [1.82, 2.24) is 4.90 Å². The van der Waals surface area contributed by atoms with Crippen LogP contribution in [0.25, 0.3) is 0 Å². The number of oxime groups is 1. The number of amides is 1. The van der Waals surface area contributed by atoms with Crippen LogP contribution < -0.4 is 9.47 Å². The smallest absolute Gasteiger partial charge is 0.410 e. The van der Waals surface area contributed by atoms with Gasteiger partial charge in [0.1, 0.15) is 30.8 Å². The zero-order valence-corrected chi connectivity index (χ0v) is 39.7. The van der Waals surface area contributed by atoms with E-state index in [1.165, 1.54) is 4.90 Å². The van der Waals surface area contributed by atoms with Crippen molar-refractivity contribution in [3.05, 3.63) is 150 Å². The number of fused-ring (bicyclic) bond motifs is 2. The fourth-order valence-electron chi connectivity index (χ4n) is 9.98. The summed E-state index contributed by atoms with van der Waals surface area (Å²) in [4.78, 5) is 23.8. The van der Waals surface area contributed by atoms with Gasteiger partial charge in [-0.2, -0.15) is 0 Å². The third-order valence-corrected chi connectivity index (χ3v) is 13.9. The average Bonchev–Trinajstić information content (AvgIpc) is 3.36. The molecule has 6 atom stereocenters. The number of benzene rings is 4. The quantitative estimate of drug-likeness (QED) is 0.0258. The van der Waals surface area contributed by atoms with Gasteiger partial charge in [0.15, 0.2) is 0 Å². The minimum atomic E-state index is -1.39. The maximum absolute atomic E-state index is 14.6. The molecular weight excluding hydrogens is 865 g/mol. The maximum atomic E-state index is 14.6. The second-order valence-electron chi connectivity index (χ2n) is 17.4. The van der Waals surface area contributed by atoms with Crippen molar-refractivity contribution in [2.45, 2.75) is 94.1 Å². The number of carbonyl (C=O) groups excluding carboxylic acids is 1. The van der Waals surface area contributed by atoms with Crippen molar-refractivity contribution < 1.29 is 43.5 Å². The summed E-state index contributed by atoms with van der Waals surface area (Å²) in [5, 5.41) is 25.0. The topological polar surface area (TPSA) is 129 Å². The van der Waals surface area contributed by atoms with Crippen LogP contribution >= 0.6 is 11.8 Å². The SMILES string of the molecule is C=CCO[C@@]12Oc3ccc(OCCSc4ccccc4)cc3[C@H]3[C@H](CCCCO)[C@@H](CCCCO)C=C(C(=NOCc4ccccc4)C[C@@H]1N(CCC)C(=O)OCCOCc1ccccc1)[C@H]32. The Hall–Kier alpha value is -5.11. The van der Waals surface area contributed by atoms with E-state index in [1.807, 2.05) is 97.9 Å². The van der Waals surface area contributed by atoms with E-state index in [-0.39, 0.29) is 63.8 Å². The first-order valence-corrected chi connectivity index (χ1v) is 25.1. The van der Waals surface area contributed by atoms with E-state index >= 15 is 0 Å². The molecule has 0 radical (unpaired) electrons. The number of hydrogen-bond donors (Lipinski definition) is 2. The molecule has 0 unspecified atom stereocenters. The molecule has 7 rings (SSSR count). The third kappa shape index (κ3) is 12.9. The second-order valence-corrected chi connectivity index (χ2v) is 18.6. The molecule has 0 saturated heterocycles. The van der Waals surface area contributed by atoms with Gasteiger partial charge in [-0.05, 0) is 91.0 Å². The summed E-state index contributed by atoms with van der Waals surface area (Å²) in [7, 11) is 0. The molecule has 0 bridgehead atoms. The molecule has 11 nitrogen and oxygen atoms in total. The van der Waals surface area contributed by atoms with Crippen molar-refractivity contribution in [3.8, 4) is 11.5 Å². The Kier molecular flexibility index (Phi) is 19.2. The number of thioether (sulfide) groups is 1. The number of ether oxygens (including phenoxy) is 5. The standard InChI is InChI=1S/C55H68N2O9S/c1-3-28-57(54(60)63-33-32-61-39-41-18-8-5-9-19-41)51-38-49(56-65-40-42-20-10-6-11-21-42)47-36-43(22-14-16-29-58)46(25-15-17-30-59)52-48-37-44(62-34-35-67-45-23-12-7-13-24-45)26-27-50(48)66-55(51,53(47)52)64-31-4-2/h4-13,18-21,23-24,26-27,36-37,43,46,51-53,58-59H,2-3,14-17,22,25,28-35,38-40H2,1H3/t43-,46+,51-,52+,53+,55+/m0/s1. The van der Waals surface area contributed by atoms with Gasteiger partial charge >= 0.3 is 6.09 Å². The van der Waals surface area contributed by atoms with E-state index in [0.29, 0.717) is 44.8 Å². The lowest BCUT2D eigenvalue weighted by Gasteiger charge is -2.59. The first-order chi connectivity index (χ1) is 33.0. The number of hydrogen-bond acceptors (Lipinski definition) is 11. The molecule has 67 heavy (non-hydrogen) atoms. The Labute approximate surface area is 401 Å². The number of aliphatic hydroxyl groups is 2. The van der Waals surface area contributed by atoms with E-state index in [1.54, 1.807) is 22.7 Å². The molecule has 0 aromatic heterocycles. The zero-order chi connectivity index (χ0) is 46.7. The summed E-state index contributed by atoms with van der Waals surface area (Å²) in [6.45, 7) is 8.35. The van der Waals surface area contributed by atoms with Gasteiger partial charge in [0.05, 0.1) is 38.1 Å². The summed E-state index contributed by atoms with van der Waals surface area (Å²) < 4.78 is 33.0. The molecule has 12 heteroatoms. The molecule has 1 saturated carbocycles. The first kappa shape index (κ1) is 49.8. The van der Waals surface area contributed by atoms with Gasteiger partial charge in [-0.1, -0.05) is 116 Å². The van der Waals surface area contributed by atoms with Gasteiger partial charge in [-0.3, -0.25) is 4.90 Å². The largest absolute Gasteiger partial charge is 0.493 e. The highest BCUT2D eigenvalue weighted by molar-refractivity contribution is 7.99. The summed E-state index contributed by atoms with van der Waals surface area (Å²) >= 11 is 1.75. The molecule has 358 valence electrons. The Balaban J connectivity index is 1.30. The molecular formula is C55H68N2O9S. The van der Waals surface area contributed by atoms with Crippen LogP contribution in [0.3, 0.4) is 0 Å². The molecule has 0 spiro atoms. The van der Waals surface area contributed by atoms with E-state index in [4.69, 9.17) is 33.7 Å². The minimum Gasteiger partial charge on any atom is -0.493 e. The molecule has 1 fully saturated rings. The highest BCUT2D eigenvalue weighted by Gasteiger charge is 2.65. The van der Waals surface area contributed by atoms with Gasteiger partial charge in [-0.15, -0.1) is 18.3 Å². The van der Waals surface area contributed by atoms with Crippen LogP contribution in [0.5, 0.6) is 11.5 Å². The Morgan fingerprint density at radius 3 is 2.28 bits per heavy atom. The Morgan fingerprint density at radius 2 is 1.58 bits per heavy atom. The predicted octanol–water partition coefficient (Wildman–Crippen LogP) is 10.8. The van der Waals surface area contributed by atoms with E-state index in [0.717, 1.165) is 65.2 Å². The minimum absolute atomic E-state index is 0.0657. The second kappa shape index (κ2) is 25.9. The van der Waals surface area contributed by atoms with Crippen molar-refractivity contribution >= 4 is 23.6 Å². The highest BCUT2D eigenvalue weighted by Crippen LogP contribution is 2.62. The Morgan fingerprint density at radius 1 is 0.881 bits per heavy atom. The lowest BCUT2D eigenvalue weighted by atomic mass is 9.55. The van der Waals surface area contributed by atoms with Gasteiger partial charge in [0, 0.05) is 48.3 Å². The Bertz CT molecular complexity index is 2190. The van der Waals surface area contributed by atoms with E-state index in [9.17, 15) is 15.0 Å². The summed E-state index contributed by atoms with van der Waals surface area (Å²) in [6.07, 6.45) is 9.22. The van der Waals surface area contributed by atoms with E-state index < -0.39 is 23.8 Å². The van der Waals surface area contributed by atoms with Crippen LogP contribution in [0.4, 0.5) is 4.79 Å². The van der Waals surface area contributed by atoms with Crippen LogP contribution in [-0.4, -0.2) is 90.7 Å². The first-order valence-electron chi connectivity index (χ1n) is 24.1. The van der Waals surface area contributed by atoms with E-state index in [2.05, 4.69) is 30.9 Å². The monoisotopic (exact) mass is 932 g/mol. The number of carbonyl (C=O) groups is 1. The molecule has 2 N–H and O–H groups in total. The third-order valence-electron chi connectivity index (χ3n) is 12.9. The number of allylic oxidation sites excluding steroid dienone is 1. The summed E-state index contributed by atoms with van der Waals surface area (Å²) in [5.74, 6) is 0.347. The van der Waals surface area contributed by atoms with Gasteiger partial charge in [-0.25, -0.2) is 4.79 Å². The van der Waals surface area contributed by atoms with Crippen LogP contribution in [-0.2, 0) is 32.3 Å². The van der Waals surface area contributed by atoms with Crippen LogP contribution in [0.15, 0.2) is 144 Å². The predicted molar refractivity (Wildman–Crippen MR) is 263 cm³/mol. The van der Waals surface area contributed by atoms with Gasteiger partial charge in [0.2, 0.25) is 5.79 Å². The number of unbranched alkanes of at least 4 members (excludes halogenated alkanes) is 2. The number of rotatable bonds is 27. The molecule has 1 amide bonds. The molecule has 4 aromatic rings. The molecule has 3 aliphatic rings. The average molecular weight is 933 g/mol. The van der Waals surface area contributed by atoms with Crippen LogP contribution in [0.2, 0.25) is 0 Å². The van der Waals surface area contributed by atoms with Crippen molar-refractivity contribution in [2.75, 3.05) is 51.9 Å². The molecule has 2 aliphatic carbocycles. The van der Waals surface area contributed by atoms with Crippen molar-refractivity contribution in [3.63, 3.8) is 0 Å². The van der Waals surface area contributed by atoms with Crippen molar-refractivity contribution in [1.29, 1.82) is 0 Å². The molecule has 4 aromatic carbocycles. The van der Waals surface area contributed by atoms with Gasteiger partial charge in [0.25, 0.3) is 0 Å². The summed E-state index contributed by atoms with van der Waals surface area (Å²) in [5.41, 5.74) is 4.74. The lowest BCUT2D eigenvalue weighted by molar-refractivity contribution is -0.255. The zero-order valence-electron chi connectivity index (χ0n) is 38.9. The van der Waals surface area contributed by atoms with Crippen LogP contribution in [0, 0.1) is 17.8 Å². The molecule has 1 aliphatic heterocycles. The van der Waals surface area contributed by atoms with Crippen LogP contribution in [0.1, 0.15) is 80.9 Å². The maximum Gasteiger partial charge on any atom is 0.410 e.